The normalized spacial score (nSPS) is 18.6. The Morgan fingerprint density at radius 1 is 0.738 bits per heavy atom. The van der Waals surface area contributed by atoms with Gasteiger partial charge in [-0.1, -0.05) is 86.7 Å². The van der Waals surface area contributed by atoms with Gasteiger partial charge < -0.3 is 4.90 Å². The number of rotatable bonds is 1. The third-order valence-electron chi connectivity index (χ3n) is 9.91. The molecule has 6 aromatic rings. The van der Waals surface area contributed by atoms with Crippen molar-refractivity contribution in [2.75, 3.05) is 4.90 Å². The van der Waals surface area contributed by atoms with E-state index >= 15 is 0 Å². The third-order valence-corrected chi connectivity index (χ3v) is 11.1. The molecular weight excluding hydrogens is 529 g/mol. The van der Waals surface area contributed by atoms with Crippen LogP contribution in [0.4, 0.5) is 22.7 Å². The first kappa shape index (κ1) is 22.9. The van der Waals surface area contributed by atoms with Crippen molar-refractivity contribution in [3.05, 3.63) is 138 Å². The Morgan fingerprint density at radius 2 is 1.55 bits per heavy atom. The predicted octanol–water partition coefficient (Wildman–Crippen LogP) is 10.1. The fourth-order valence-electron chi connectivity index (χ4n) is 8.06. The molecule has 10 rings (SSSR count). The van der Waals surface area contributed by atoms with Gasteiger partial charge in [-0.25, -0.2) is 0 Å². The standard InChI is InChI=1S/C39H27N2S/c1-39(2)29-13-5-3-10-24(29)25-19-18-23(22-30(25)39)40-31-14-6-7-15-32(31)41-33-21-20-27-26-11-4-8-17-35(26)42-38(27)36(33)28-12-9-16-34(40)37(28)41/h3-22,37H,1-2H3/q+1. The largest absolute Gasteiger partial charge is 0.318 e. The maximum absolute atomic E-state index is 2.59. The molecule has 2 nitrogen and oxygen atoms in total. The summed E-state index contributed by atoms with van der Waals surface area (Å²) < 4.78 is 5.27. The first-order chi connectivity index (χ1) is 20.6. The van der Waals surface area contributed by atoms with Crippen LogP contribution in [0.5, 0.6) is 0 Å². The lowest BCUT2D eigenvalue weighted by atomic mass is 9.82. The minimum absolute atomic E-state index is 0.0439. The second kappa shape index (κ2) is 7.76. The second-order valence-electron chi connectivity index (χ2n) is 12.3. The summed E-state index contributed by atoms with van der Waals surface area (Å²) in [5, 5.41) is 2.71. The van der Waals surface area contributed by atoms with Crippen LogP contribution < -0.4 is 9.48 Å². The summed E-state index contributed by atoms with van der Waals surface area (Å²) in [4.78, 5) is 2.59. The van der Waals surface area contributed by atoms with E-state index in [1.165, 1.54) is 82.0 Å². The van der Waals surface area contributed by atoms with Crippen LogP contribution in [-0.4, -0.2) is 11.8 Å². The SMILES string of the molecule is CC1(C)c2ccccc2-c2ccc([N+]3=C4C=CC=C5c6c(ccc7c6sc6ccccc67)N(c6ccccc63)C54)cc21. The van der Waals surface area contributed by atoms with Crippen molar-refractivity contribution in [3.63, 3.8) is 0 Å². The molecular formula is C39H27N2S+. The Kier molecular flexibility index (Phi) is 4.23. The second-order valence-corrected chi connectivity index (χ2v) is 13.4. The number of para-hydroxylation sites is 2. The molecule has 2 aliphatic heterocycles. The fraction of sp³-hybridized carbons (Fsp3) is 0.103. The van der Waals surface area contributed by atoms with E-state index in [4.69, 9.17) is 0 Å². The number of fused-ring (bicyclic) bond motifs is 12. The number of hydrogen-bond acceptors (Lipinski definition) is 2. The highest BCUT2D eigenvalue weighted by molar-refractivity contribution is 7.26. The lowest BCUT2D eigenvalue weighted by molar-refractivity contribution is 0.660. The van der Waals surface area contributed by atoms with Crippen LogP contribution in [0.25, 0.3) is 36.9 Å². The molecule has 3 heterocycles. The Balaban J connectivity index is 1.24. The lowest BCUT2D eigenvalue weighted by Crippen LogP contribution is -2.43. The molecule has 0 amide bonds. The molecule has 5 aromatic carbocycles. The van der Waals surface area contributed by atoms with E-state index in [1.807, 2.05) is 11.3 Å². The van der Waals surface area contributed by atoms with Gasteiger partial charge in [0.15, 0.2) is 0 Å². The molecule has 198 valence electrons. The van der Waals surface area contributed by atoms with Crippen LogP contribution in [-0.2, 0) is 5.41 Å². The summed E-state index contributed by atoms with van der Waals surface area (Å²) in [5.74, 6) is 0. The van der Waals surface area contributed by atoms with Gasteiger partial charge >= 0.3 is 0 Å². The third kappa shape index (κ3) is 2.68. The summed E-state index contributed by atoms with van der Waals surface area (Å²) in [6.45, 7) is 4.73. The Bertz CT molecular complexity index is 2290. The molecule has 2 aliphatic carbocycles. The van der Waals surface area contributed by atoms with E-state index in [1.54, 1.807) is 0 Å². The van der Waals surface area contributed by atoms with E-state index in [2.05, 4.69) is 145 Å². The number of thiophene rings is 1. The van der Waals surface area contributed by atoms with Crippen LogP contribution in [0, 0.1) is 0 Å². The van der Waals surface area contributed by atoms with Crippen molar-refractivity contribution in [2.24, 2.45) is 0 Å². The quantitative estimate of drug-likeness (QED) is 0.183. The van der Waals surface area contributed by atoms with E-state index in [0.717, 1.165) is 0 Å². The lowest BCUT2D eigenvalue weighted by Gasteiger charge is -2.32. The van der Waals surface area contributed by atoms with E-state index in [0.29, 0.717) is 0 Å². The monoisotopic (exact) mass is 555 g/mol. The Hall–Kier alpha value is -4.73. The van der Waals surface area contributed by atoms with Gasteiger partial charge in [-0.2, -0.15) is 4.58 Å². The first-order valence-corrected chi connectivity index (χ1v) is 15.6. The van der Waals surface area contributed by atoms with E-state index < -0.39 is 0 Å². The fourth-order valence-corrected chi connectivity index (χ4v) is 9.33. The molecule has 3 heteroatoms. The maximum atomic E-state index is 2.59. The molecule has 0 saturated carbocycles. The molecule has 1 unspecified atom stereocenters. The molecule has 4 aliphatic rings. The van der Waals surface area contributed by atoms with Gasteiger partial charge in [-0.05, 0) is 52.1 Å². The zero-order chi connectivity index (χ0) is 27.7. The Labute approximate surface area is 248 Å². The molecule has 42 heavy (non-hydrogen) atoms. The molecule has 1 atom stereocenters. The van der Waals surface area contributed by atoms with E-state index in [9.17, 15) is 0 Å². The molecule has 0 spiro atoms. The van der Waals surface area contributed by atoms with Crippen molar-refractivity contribution >= 4 is 65.5 Å². The highest BCUT2D eigenvalue weighted by Gasteiger charge is 2.49. The van der Waals surface area contributed by atoms with E-state index in [-0.39, 0.29) is 11.5 Å². The number of benzene rings is 5. The minimum atomic E-state index is -0.0439. The van der Waals surface area contributed by atoms with Crippen LogP contribution in [0.2, 0.25) is 0 Å². The van der Waals surface area contributed by atoms with Crippen molar-refractivity contribution in [3.8, 4) is 11.1 Å². The summed E-state index contributed by atoms with van der Waals surface area (Å²) in [5.41, 5.74) is 14.6. The first-order valence-electron chi connectivity index (χ1n) is 14.7. The number of nitrogens with zero attached hydrogens (tertiary/aromatic N) is 2. The predicted molar refractivity (Wildman–Crippen MR) is 179 cm³/mol. The van der Waals surface area contributed by atoms with Crippen molar-refractivity contribution in [2.45, 2.75) is 25.3 Å². The average Bonchev–Trinajstić information content (AvgIpc) is 3.65. The number of hydrogen-bond donors (Lipinski definition) is 0. The molecule has 0 fully saturated rings. The molecule has 0 saturated heterocycles. The van der Waals surface area contributed by atoms with Crippen molar-refractivity contribution in [1.82, 2.24) is 4.58 Å². The molecule has 0 N–H and O–H groups in total. The minimum Gasteiger partial charge on any atom is -0.318 e. The van der Waals surface area contributed by atoms with Gasteiger partial charge in [0, 0.05) is 55.4 Å². The Morgan fingerprint density at radius 3 is 2.50 bits per heavy atom. The molecule has 0 radical (unpaired) electrons. The van der Waals surface area contributed by atoms with Gasteiger partial charge in [0.2, 0.25) is 17.1 Å². The smallest absolute Gasteiger partial charge is 0.235 e. The summed E-state index contributed by atoms with van der Waals surface area (Å²) in [6.07, 6.45) is 6.94. The van der Waals surface area contributed by atoms with Crippen LogP contribution >= 0.6 is 11.3 Å². The highest BCUT2D eigenvalue weighted by Crippen LogP contribution is 2.56. The van der Waals surface area contributed by atoms with Gasteiger partial charge in [0.05, 0.1) is 5.69 Å². The topological polar surface area (TPSA) is 6.25 Å². The van der Waals surface area contributed by atoms with Gasteiger partial charge in [0.25, 0.3) is 0 Å². The van der Waals surface area contributed by atoms with Crippen LogP contribution in [0.3, 0.4) is 0 Å². The van der Waals surface area contributed by atoms with Gasteiger partial charge in [0.1, 0.15) is 11.7 Å². The highest BCUT2D eigenvalue weighted by atomic mass is 32.1. The zero-order valence-electron chi connectivity index (χ0n) is 23.4. The molecule has 1 aromatic heterocycles. The van der Waals surface area contributed by atoms with Gasteiger partial charge in [-0.15, -0.1) is 11.3 Å². The maximum Gasteiger partial charge on any atom is 0.235 e. The van der Waals surface area contributed by atoms with Crippen LogP contribution in [0.15, 0.2) is 121 Å². The average molecular weight is 556 g/mol. The summed E-state index contributed by atoms with van der Waals surface area (Å²) >= 11 is 1.93. The number of allylic oxidation sites excluding steroid dienone is 2. The molecule has 0 bridgehead atoms. The zero-order valence-corrected chi connectivity index (χ0v) is 24.2. The number of anilines is 2. The van der Waals surface area contributed by atoms with Gasteiger partial charge in [-0.3, -0.25) is 0 Å². The van der Waals surface area contributed by atoms with Crippen molar-refractivity contribution in [1.29, 1.82) is 0 Å². The van der Waals surface area contributed by atoms with Crippen molar-refractivity contribution < 1.29 is 0 Å². The summed E-state index contributed by atoms with van der Waals surface area (Å²) in [7, 11) is 0. The van der Waals surface area contributed by atoms with Crippen LogP contribution in [0.1, 0.15) is 30.5 Å². The summed E-state index contributed by atoms with van der Waals surface area (Å²) in [6, 6.07) is 38.6.